The van der Waals surface area contributed by atoms with Crippen LogP contribution in [0.4, 0.5) is 0 Å². The summed E-state index contributed by atoms with van der Waals surface area (Å²) < 4.78 is 0. The molecule has 0 spiro atoms. The normalized spacial score (nSPS) is 20.3. The standard InChI is InChI=1S/C12H19NS2/c1-10(12-3-2-6-15-12)9-13-11-4-7-14-8-5-11/h2-3,6,10-11,13H,4-5,7-9H2,1H3. The molecule has 2 rings (SSSR count). The highest BCUT2D eigenvalue weighted by molar-refractivity contribution is 7.99. The summed E-state index contributed by atoms with van der Waals surface area (Å²) in [5, 5.41) is 5.87. The Balaban J connectivity index is 1.73. The van der Waals surface area contributed by atoms with Crippen molar-refractivity contribution in [3.63, 3.8) is 0 Å². The maximum atomic E-state index is 3.70. The second-order valence-electron chi connectivity index (χ2n) is 4.21. The Morgan fingerprint density at radius 2 is 2.27 bits per heavy atom. The predicted molar refractivity (Wildman–Crippen MR) is 71.1 cm³/mol. The molecule has 84 valence electrons. The van der Waals surface area contributed by atoms with Crippen molar-refractivity contribution in [2.75, 3.05) is 18.1 Å². The van der Waals surface area contributed by atoms with Gasteiger partial charge in [0, 0.05) is 23.4 Å². The molecule has 1 aliphatic heterocycles. The smallest absolute Gasteiger partial charge is 0.00860 e. The molecule has 1 aromatic rings. The third-order valence-corrected chi connectivity index (χ3v) is 5.12. The van der Waals surface area contributed by atoms with Gasteiger partial charge >= 0.3 is 0 Å². The van der Waals surface area contributed by atoms with E-state index in [0.29, 0.717) is 5.92 Å². The van der Waals surface area contributed by atoms with Gasteiger partial charge in [-0.2, -0.15) is 11.8 Å². The van der Waals surface area contributed by atoms with Crippen LogP contribution < -0.4 is 5.32 Å². The Morgan fingerprint density at radius 3 is 2.93 bits per heavy atom. The van der Waals surface area contributed by atoms with Crippen LogP contribution in [-0.2, 0) is 0 Å². The maximum absolute atomic E-state index is 3.70. The molecule has 2 heterocycles. The summed E-state index contributed by atoms with van der Waals surface area (Å²) >= 11 is 3.97. The molecule has 0 amide bonds. The Morgan fingerprint density at radius 1 is 1.47 bits per heavy atom. The number of hydrogen-bond acceptors (Lipinski definition) is 3. The lowest BCUT2D eigenvalue weighted by molar-refractivity contribution is 0.467. The fraction of sp³-hybridized carbons (Fsp3) is 0.667. The number of thioether (sulfide) groups is 1. The van der Waals surface area contributed by atoms with Gasteiger partial charge in [-0.25, -0.2) is 0 Å². The number of nitrogens with one attached hydrogen (secondary N) is 1. The molecule has 15 heavy (non-hydrogen) atoms. The molecular formula is C12H19NS2. The molecule has 1 N–H and O–H groups in total. The second-order valence-corrected chi connectivity index (χ2v) is 6.42. The number of hydrogen-bond donors (Lipinski definition) is 1. The van der Waals surface area contributed by atoms with E-state index >= 15 is 0 Å². The highest BCUT2D eigenvalue weighted by atomic mass is 32.2. The molecule has 1 aliphatic rings. The third kappa shape index (κ3) is 3.51. The molecule has 1 saturated heterocycles. The lowest BCUT2D eigenvalue weighted by Crippen LogP contribution is -2.34. The second kappa shape index (κ2) is 5.92. The molecule has 0 aromatic carbocycles. The molecular weight excluding hydrogens is 222 g/mol. The van der Waals surface area contributed by atoms with Crippen LogP contribution in [0.15, 0.2) is 17.5 Å². The highest BCUT2D eigenvalue weighted by Crippen LogP contribution is 2.21. The van der Waals surface area contributed by atoms with E-state index in [9.17, 15) is 0 Å². The third-order valence-electron chi connectivity index (χ3n) is 2.96. The van der Waals surface area contributed by atoms with Crippen molar-refractivity contribution in [2.45, 2.75) is 31.7 Å². The van der Waals surface area contributed by atoms with Crippen LogP contribution in [0, 0.1) is 0 Å². The van der Waals surface area contributed by atoms with Crippen molar-refractivity contribution < 1.29 is 0 Å². The first kappa shape index (κ1) is 11.5. The van der Waals surface area contributed by atoms with Crippen LogP contribution in [0.25, 0.3) is 0 Å². The van der Waals surface area contributed by atoms with E-state index in [1.165, 1.54) is 29.2 Å². The Hall–Kier alpha value is 0.01000. The van der Waals surface area contributed by atoms with Gasteiger partial charge < -0.3 is 5.32 Å². The summed E-state index contributed by atoms with van der Waals surface area (Å²) in [4.78, 5) is 1.51. The van der Waals surface area contributed by atoms with Crippen LogP contribution in [0.5, 0.6) is 0 Å². The van der Waals surface area contributed by atoms with E-state index in [-0.39, 0.29) is 0 Å². The van der Waals surface area contributed by atoms with E-state index < -0.39 is 0 Å². The van der Waals surface area contributed by atoms with Crippen molar-refractivity contribution in [3.05, 3.63) is 22.4 Å². The van der Waals surface area contributed by atoms with Crippen molar-refractivity contribution in [3.8, 4) is 0 Å². The first-order chi connectivity index (χ1) is 7.36. The molecule has 1 unspecified atom stereocenters. The number of rotatable bonds is 4. The topological polar surface area (TPSA) is 12.0 Å². The van der Waals surface area contributed by atoms with E-state index in [1.807, 2.05) is 11.3 Å². The molecule has 1 fully saturated rings. The zero-order chi connectivity index (χ0) is 10.5. The summed E-state index contributed by atoms with van der Waals surface area (Å²) in [6.45, 7) is 3.45. The Bertz CT molecular complexity index is 265. The van der Waals surface area contributed by atoms with Crippen molar-refractivity contribution >= 4 is 23.1 Å². The van der Waals surface area contributed by atoms with Gasteiger partial charge in [0.05, 0.1) is 0 Å². The van der Waals surface area contributed by atoms with Gasteiger partial charge in [-0.15, -0.1) is 11.3 Å². The first-order valence-electron chi connectivity index (χ1n) is 5.71. The van der Waals surface area contributed by atoms with Gasteiger partial charge in [-0.1, -0.05) is 13.0 Å². The molecule has 1 aromatic heterocycles. The quantitative estimate of drug-likeness (QED) is 0.868. The van der Waals surface area contributed by atoms with Crippen LogP contribution in [0.3, 0.4) is 0 Å². The van der Waals surface area contributed by atoms with Crippen LogP contribution in [0.1, 0.15) is 30.6 Å². The van der Waals surface area contributed by atoms with Crippen LogP contribution in [-0.4, -0.2) is 24.1 Å². The number of thiophene rings is 1. The van der Waals surface area contributed by atoms with Gasteiger partial charge in [0.25, 0.3) is 0 Å². The van der Waals surface area contributed by atoms with Crippen molar-refractivity contribution in [1.82, 2.24) is 5.32 Å². The summed E-state index contributed by atoms with van der Waals surface area (Å²) in [7, 11) is 0. The Kier molecular flexibility index (Phi) is 4.54. The molecule has 1 nitrogen and oxygen atoms in total. The molecule has 0 bridgehead atoms. The minimum atomic E-state index is 0.666. The average Bonchev–Trinajstić information content (AvgIpc) is 2.81. The predicted octanol–water partition coefficient (Wildman–Crippen LogP) is 3.34. The molecule has 0 aliphatic carbocycles. The summed E-state index contributed by atoms with van der Waals surface area (Å²) in [6.07, 6.45) is 2.70. The minimum absolute atomic E-state index is 0.666. The molecule has 0 radical (unpaired) electrons. The highest BCUT2D eigenvalue weighted by Gasteiger charge is 2.14. The van der Waals surface area contributed by atoms with Crippen molar-refractivity contribution in [1.29, 1.82) is 0 Å². The van der Waals surface area contributed by atoms with Crippen LogP contribution in [0.2, 0.25) is 0 Å². The van der Waals surface area contributed by atoms with Gasteiger partial charge in [-0.05, 0) is 35.8 Å². The fourth-order valence-electron chi connectivity index (χ4n) is 1.92. The average molecular weight is 241 g/mol. The van der Waals surface area contributed by atoms with E-state index in [0.717, 1.165) is 12.6 Å². The van der Waals surface area contributed by atoms with Gasteiger partial charge in [0.15, 0.2) is 0 Å². The molecule has 3 heteroatoms. The largest absolute Gasteiger partial charge is 0.313 e. The Labute approximate surface area is 101 Å². The van der Waals surface area contributed by atoms with Crippen molar-refractivity contribution in [2.24, 2.45) is 0 Å². The van der Waals surface area contributed by atoms with E-state index in [2.05, 4.69) is 41.5 Å². The lowest BCUT2D eigenvalue weighted by atomic mass is 10.1. The van der Waals surface area contributed by atoms with E-state index in [1.54, 1.807) is 0 Å². The SMILES string of the molecule is CC(CNC1CCSCC1)c1cccs1. The monoisotopic (exact) mass is 241 g/mol. The minimum Gasteiger partial charge on any atom is -0.313 e. The lowest BCUT2D eigenvalue weighted by Gasteiger charge is -2.24. The molecule has 0 saturated carbocycles. The van der Waals surface area contributed by atoms with Gasteiger partial charge in [-0.3, -0.25) is 0 Å². The van der Waals surface area contributed by atoms with Gasteiger partial charge in [0.2, 0.25) is 0 Å². The van der Waals surface area contributed by atoms with E-state index in [4.69, 9.17) is 0 Å². The summed E-state index contributed by atoms with van der Waals surface area (Å²) in [6, 6.07) is 5.16. The van der Waals surface area contributed by atoms with Gasteiger partial charge in [0.1, 0.15) is 0 Å². The zero-order valence-electron chi connectivity index (χ0n) is 9.24. The molecule has 1 atom stereocenters. The zero-order valence-corrected chi connectivity index (χ0v) is 10.9. The van der Waals surface area contributed by atoms with Crippen LogP contribution >= 0.6 is 23.1 Å². The summed E-state index contributed by atoms with van der Waals surface area (Å²) in [5.41, 5.74) is 0. The fourth-order valence-corrected chi connectivity index (χ4v) is 3.81. The first-order valence-corrected chi connectivity index (χ1v) is 7.74. The summed E-state index contributed by atoms with van der Waals surface area (Å²) in [5.74, 6) is 3.34. The maximum Gasteiger partial charge on any atom is 0.00860 e.